The van der Waals surface area contributed by atoms with Gasteiger partial charge in [0.1, 0.15) is 5.82 Å². The van der Waals surface area contributed by atoms with E-state index in [0.717, 1.165) is 43.7 Å². The largest absolute Gasteiger partial charge is 0.293 e. The van der Waals surface area contributed by atoms with Crippen molar-refractivity contribution in [3.05, 3.63) is 113 Å². The third kappa shape index (κ3) is 4.73. The number of rotatable bonds is 6. The molecule has 1 aromatic heterocycles. The van der Waals surface area contributed by atoms with Gasteiger partial charge >= 0.3 is 0 Å². The summed E-state index contributed by atoms with van der Waals surface area (Å²) < 4.78 is 2.10. The van der Waals surface area contributed by atoms with Crippen molar-refractivity contribution in [1.29, 1.82) is 0 Å². The van der Waals surface area contributed by atoms with Crippen molar-refractivity contribution in [2.24, 2.45) is 0 Å². The van der Waals surface area contributed by atoms with E-state index in [-0.39, 0.29) is 6.04 Å². The van der Waals surface area contributed by atoms with Gasteiger partial charge in [0.25, 0.3) is 0 Å². The Morgan fingerprint density at radius 3 is 1.89 bits per heavy atom. The Labute approximate surface area is 218 Å². The fourth-order valence-electron chi connectivity index (χ4n) is 5.73. The number of hydrogen-bond acceptors (Lipinski definition) is 5. The minimum Gasteiger partial charge on any atom is -0.293 e. The maximum Gasteiger partial charge on any atom is 0.186 e. The van der Waals surface area contributed by atoms with Crippen molar-refractivity contribution >= 4 is 11.8 Å². The van der Waals surface area contributed by atoms with Gasteiger partial charge in [-0.05, 0) is 30.5 Å². The van der Waals surface area contributed by atoms with E-state index < -0.39 is 0 Å². The van der Waals surface area contributed by atoms with Gasteiger partial charge in [-0.15, -0.1) is 0 Å². The number of benzene rings is 3. The summed E-state index contributed by atoms with van der Waals surface area (Å²) in [5.74, 6) is 0.865. The Bertz CT molecular complexity index is 1220. The van der Waals surface area contributed by atoms with Crippen LogP contribution in [0, 0.1) is 13.8 Å². The van der Waals surface area contributed by atoms with Crippen LogP contribution in [0.2, 0.25) is 0 Å². The van der Waals surface area contributed by atoms with Crippen LogP contribution in [0.25, 0.3) is 0 Å². The second-order valence-electron chi connectivity index (χ2n) is 9.93. The Balaban J connectivity index is 1.24. The maximum absolute atomic E-state index is 4.67. The SMILES string of the molecule is Cc1ccc(C(C2Cn3nc(C)nc3S2)N2CCN(C(c3ccccc3)c3ccccc3)CC2)cc1. The normalized spacial score (nSPS) is 19.5. The molecule has 0 bridgehead atoms. The highest BCUT2D eigenvalue weighted by Gasteiger charge is 2.38. The molecule has 0 amide bonds. The molecule has 4 aromatic rings. The predicted octanol–water partition coefficient (Wildman–Crippen LogP) is 5.52. The number of nitrogens with zero attached hydrogens (tertiary/aromatic N) is 5. The molecule has 3 heterocycles. The maximum atomic E-state index is 4.67. The first kappa shape index (κ1) is 23.5. The number of aryl methyl sites for hydroxylation is 2. The van der Waals surface area contributed by atoms with E-state index in [9.17, 15) is 0 Å². The lowest BCUT2D eigenvalue weighted by Crippen LogP contribution is -2.50. The molecule has 36 heavy (non-hydrogen) atoms. The summed E-state index contributed by atoms with van der Waals surface area (Å²) in [6.45, 7) is 9.22. The molecule has 2 atom stereocenters. The van der Waals surface area contributed by atoms with Gasteiger partial charge < -0.3 is 0 Å². The van der Waals surface area contributed by atoms with Crippen LogP contribution in [-0.2, 0) is 6.54 Å². The molecule has 6 heteroatoms. The van der Waals surface area contributed by atoms with Crippen LogP contribution < -0.4 is 0 Å². The highest BCUT2D eigenvalue weighted by Crippen LogP contribution is 2.42. The summed E-state index contributed by atoms with van der Waals surface area (Å²) >= 11 is 1.89. The lowest BCUT2D eigenvalue weighted by molar-refractivity contribution is 0.0758. The summed E-state index contributed by atoms with van der Waals surface area (Å²) in [7, 11) is 0. The van der Waals surface area contributed by atoms with Crippen LogP contribution in [0.1, 0.15) is 40.2 Å². The van der Waals surface area contributed by atoms with Crippen LogP contribution in [0.15, 0.2) is 90.1 Å². The topological polar surface area (TPSA) is 37.2 Å². The van der Waals surface area contributed by atoms with Crippen LogP contribution in [0.3, 0.4) is 0 Å². The van der Waals surface area contributed by atoms with Crippen LogP contribution >= 0.6 is 11.8 Å². The highest BCUT2D eigenvalue weighted by atomic mass is 32.2. The fourth-order valence-corrected chi connectivity index (χ4v) is 7.10. The van der Waals surface area contributed by atoms with Gasteiger partial charge in [0.05, 0.1) is 17.8 Å². The third-order valence-electron chi connectivity index (χ3n) is 7.46. The minimum atomic E-state index is 0.283. The van der Waals surface area contributed by atoms with Crippen molar-refractivity contribution in [2.75, 3.05) is 26.2 Å². The number of fused-ring (bicyclic) bond motifs is 1. The lowest BCUT2D eigenvalue weighted by Gasteiger charge is -2.44. The number of thioether (sulfide) groups is 1. The number of hydrogen-bond donors (Lipinski definition) is 0. The third-order valence-corrected chi connectivity index (χ3v) is 8.68. The minimum absolute atomic E-state index is 0.283. The Morgan fingerprint density at radius 2 is 1.31 bits per heavy atom. The molecule has 2 aliphatic rings. The van der Waals surface area contributed by atoms with Gasteiger partial charge in [-0.2, -0.15) is 5.10 Å². The zero-order chi connectivity index (χ0) is 24.5. The molecule has 0 saturated carbocycles. The summed E-state index contributed by atoms with van der Waals surface area (Å²) in [4.78, 5) is 10.0. The first-order valence-electron chi connectivity index (χ1n) is 12.9. The molecule has 0 N–H and O–H groups in total. The quantitative estimate of drug-likeness (QED) is 0.352. The summed E-state index contributed by atoms with van der Waals surface area (Å²) in [6, 6.07) is 31.7. The van der Waals surface area contributed by atoms with E-state index in [1.165, 1.54) is 22.3 Å². The zero-order valence-corrected chi connectivity index (χ0v) is 21.8. The second-order valence-corrected chi connectivity index (χ2v) is 11.1. The summed E-state index contributed by atoms with van der Waals surface area (Å²) in [5.41, 5.74) is 5.44. The molecule has 0 radical (unpaired) electrons. The Hall–Kier alpha value is -2.93. The standard InChI is InChI=1S/C30H33N5S/c1-22-13-15-26(16-14-22)29(27-21-35-30(36-27)31-23(2)32-35)34-19-17-33(18-20-34)28(24-9-5-3-6-10-24)25-11-7-4-8-12-25/h3-16,27-29H,17-21H2,1-2H3. The highest BCUT2D eigenvalue weighted by molar-refractivity contribution is 8.00. The predicted molar refractivity (Wildman–Crippen MR) is 146 cm³/mol. The molecule has 2 aliphatic heterocycles. The summed E-state index contributed by atoms with van der Waals surface area (Å²) in [5, 5.41) is 6.11. The molecule has 1 saturated heterocycles. The summed E-state index contributed by atoms with van der Waals surface area (Å²) in [6.07, 6.45) is 0. The van der Waals surface area contributed by atoms with Gasteiger partial charge in [-0.1, -0.05) is 102 Å². The molecule has 0 spiro atoms. The molecular weight excluding hydrogens is 462 g/mol. The average Bonchev–Trinajstić information content (AvgIpc) is 3.45. The van der Waals surface area contributed by atoms with Crippen molar-refractivity contribution < 1.29 is 0 Å². The lowest BCUT2D eigenvalue weighted by atomic mass is 9.95. The first-order chi connectivity index (χ1) is 17.7. The Kier molecular flexibility index (Phi) is 6.65. The van der Waals surface area contributed by atoms with Gasteiger partial charge in [0, 0.05) is 32.2 Å². The van der Waals surface area contributed by atoms with Crippen molar-refractivity contribution in [3.8, 4) is 0 Å². The molecular formula is C30H33N5S. The molecule has 3 aromatic carbocycles. The molecule has 184 valence electrons. The van der Waals surface area contributed by atoms with Gasteiger partial charge in [-0.3, -0.25) is 9.80 Å². The molecule has 1 fully saturated rings. The van der Waals surface area contributed by atoms with E-state index in [1.807, 2.05) is 18.7 Å². The van der Waals surface area contributed by atoms with Gasteiger partial charge in [0.2, 0.25) is 0 Å². The smallest absolute Gasteiger partial charge is 0.186 e. The second kappa shape index (κ2) is 10.2. The number of piperazine rings is 1. The molecule has 2 unspecified atom stereocenters. The van der Waals surface area contributed by atoms with Crippen LogP contribution in [0.4, 0.5) is 0 Å². The fraction of sp³-hybridized carbons (Fsp3) is 0.333. The van der Waals surface area contributed by atoms with Gasteiger partial charge in [-0.25, -0.2) is 9.67 Å². The molecule has 5 nitrogen and oxygen atoms in total. The molecule has 6 rings (SSSR count). The monoisotopic (exact) mass is 495 g/mol. The zero-order valence-electron chi connectivity index (χ0n) is 21.0. The van der Waals surface area contributed by atoms with Crippen LogP contribution in [0.5, 0.6) is 0 Å². The first-order valence-corrected chi connectivity index (χ1v) is 13.8. The van der Waals surface area contributed by atoms with Crippen molar-refractivity contribution in [2.45, 2.75) is 42.9 Å². The van der Waals surface area contributed by atoms with Crippen LogP contribution in [-0.4, -0.2) is 56.0 Å². The van der Waals surface area contributed by atoms with Crippen molar-refractivity contribution in [1.82, 2.24) is 24.6 Å². The average molecular weight is 496 g/mol. The van der Waals surface area contributed by atoms with E-state index in [0.29, 0.717) is 11.3 Å². The van der Waals surface area contributed by atoms with E-state index >= 15 is 0 Å². The van der Waals surface area contributed by atoms with E-state index in [2.05, 4.69) is 116 Å². The van der Waals surface area contributed by atoms with Gasteiger partial charge in [0.15, 0.2) is 5.16 Å². The Morgan fingerprint density at radius 1 is 0.722 bits per heavy atom. The van der Waals surface area contributed by atoms with Crippen molar-refractivity contribution in [3.63, 3.8) is 0 Å². The number of aromatic nitrogens is 3. The van der Waals surface area contributed by atoms with E-state index in [4.69, 9.17) is 0 Å². The van der Waals surface area contributed by atoms with E-state index in [1.54, 1.807) is 0 Å². The molecule has 0 aliphatic carbocycles.